The third-order valence-corrected chi connectivity index (χ3v) is 3.24. The van der Waals surface area contributed by atoms with Crippen LogP contribution in [0.2, 0.25) is 0 Å². The number of hydrogen-bond acceptors (Lipinski definition) is 4. The molecule has 0 spiro atoms. The maximum absolute atomic E-state index is 5.98. The van der Waals surface area contributed by atoms with Gasteiger partial charge < -0.3 is 10.5 Å². The van der Waals surface area contributed by atoms with E-state index >= 15 is 0 Å². The van der Waals surface area contributed by atoms with Crippen LogP contribution < -0.4 is 5.73 Å². The molecule has 1 fully saturated rings. The quantitative estimate of drug-likeness (QED) is 0.813. The van der Waals surface area contributed by atoms with Gasteiger partial charge >= 0.3 is 0 Å². The third-order valence-electron chi connectivity index (χ3n) is 3.24. The van der Waals surface area contributed by atoms with Gasteiger partial charge in [0.05, 0.1) is 5.52 Å². The van der Waals surface area contributed by atoms with Crippen LogP contribution in [0, 0.1) is 0 Å². The lowest BCUT2D eigenvalue weighted by molar-refractivity contribution is 0.0837. The van der Waals surface area contributed by atoms with Crippen molar-refractivity contribution in [2.45, 2.75) is 18.8 Å². The average Bonchev–Trinajstić information content (AvgIpc) is 2.40. The zero-order chi connectivity index (χ0) is 11.7. The summed E-state index contributed by atoms with van der Waals surface area (Å²) >= 11 is 0. The lowest BCUT2D eigenvalue weighted by Gasteiger charge is -2.21. The number of nitrogens with two attached hydrogens (primary N) is 1. The molecule has 0 bridgehead atoms. The monoisotopic (exact) mass is 229 g/mol. The van der Waals surface area contributed by atoms with Crippen molar-refractivity contribution in [3.8, 4) is 0 Å². The van der Waals surface area contributed by atoms with Crippen molar-refractivity contribution in [1.82, 2.24) is 9.97 Å². The molecule has 17 heavy (non-hydrogen) atoms. The lowest BCUT2D eigenvalue weighted by Crippen LogP contribution is -2.17. The Balaban J connectivity index is 2.05. The fraction of sp³-hybridized carbons (Fsp3) is 0.385. The standard InChI is InChI=1S/C13H15N3O/c14-12-10-3-1-2-4-11(10)15-13(16-12)9-5-7-17-8-6-9/h1-4,9H,5-8H2,(H2,14,15,16). The molecule has 2 aromatic rings. The lowest BCUT2D eigenvalue weighted by atomic mass is 9.99. The van der Waals surface area contributed by atoms with Gasteiger partial charge in [0.2, 0.25) is 0 Å². The van der Waals surface area contributed by atoms with Crippen LogP contribution in [-0.2, 0) is 4.74 Å². The van der Waals surface area contributed by atoms with E-state index in [1.807, 2.05) is 24.3 Å². The zero-order valence-electron chi connectivity index (χ0n) is 9.60. The summed E-state index contributed by atoms with van der Waals surface area (Å²) in [5.74, 6) is 1.83. The predicted octanol–water partition coefficient (Wildman–Crippen LogP) is 2.11. The first-order valence-electron chi connectivity index (χ1n) is 5.94. The van der Waals surface area contributed by atoms with Crippen LogP contribution in [0.3, 0.4) is 0 Å². The van der Waals surface area contributed by atoms with Crippen molar-refractivity contribution >= 4 is 16.7 Å². The van der Waals surface area contributed by atoms with E-state index in [9.17, 15) is 0 Å². The molecule has 88 valence electrons. The molecule has 3 rings (SSSR count). The second-order valence-electron chi connectivity index (χ2n) is 4.37. The van der Waals surface area contributed by atoms with E-state index in [-0.39, 0.29) is 0 Å². The van der Waals surface area contributed by atoms with E-state index < -0.39 is 0 Å². The van der Waals surface area contributed by atoms with Gasteiger partial charge in [0.1, 0.15) is 11.6 Å². The number of para-hydroxylation sites is 1. The van der Waals surface area contributed by atoms with Gasteiger partial charge in [-0.15, -0.1) is 0 Å². The van der Waals surface area contributed by atoms with Gasteiger partial charge in [-0.3, -0.25) is 0 Å². The minimum atomic E-state index is 0.385. The van der Waals surface area contributed by atoms with E-state index in [1.54, 1.807) is 0 Å². The van der Waals surface area contributed by atoms with Crippen LogP contribution in [0.4, 0.5) is 5.82 Å². The Morgan fingerprint density at radius 3 is 2.71 bits per heavy atom. The highest BCUT2D eigenvalue weighted by Gasteiger charge is 2.19. The molecule has 0 aliphatic carbocycles. The van der Waals surface area contributed by atoms with Crippen LogP contribution in [0.25, 0.3) is 10.9 Å². The second kappa shape index (κ2) is 4.30. The molecule has 0 atom stereocenters. The number of ether oxygens (including phenoxy) is 1. The summed E-state index contributed by atoms with van der Waals surface area (Å²) in [6.45, 7) is 1.58. The molecule has 1 aliphatic heterocycles. The molecule has 1 saturated heterocycles. The average molecular weight is 229 g/mol. The number of anilines is 1. The van der Waals surface area contributed by atoms with E-state index in [0.717, 1.165) is 42.8 Å². The first-order valence-corrected chi connectivity index (χ1v) is 5.94. The molecule has 4 nitrogen and oxygen atoms in total. The number of nitrogen functional groups attached to an aromatic ring is 1. The molecule has 0 radical (unpaired) electrons. The largest absolute Gasteiger partial charge is 0.383 e. The molecule has 2 N–H and O–H groups in total. The summed E-state index contributed by atoms with van der Waals surface area (Å²) in [5, 5.41) is 0.934. The maximum atomic E-state index is 5.98. The molecule has 0 amide bonds. The highest BCUT2D eigenvalue weighted by molar-refractivity contribution is 5.87. The first kappa shape index (κ1) is 10.5. The third kappa shape index (κ3) is 1.96. The topological polar surface area (TPSA) is 61.0 Å². The highest BCUT2D eigenvalue weighted by Crippen LogP contribution is 2.27. The summed E-state index contributed by atoms with van der Waals surface area (Å²) in [5.41, 5.74) is 6.91. The zero-order valence-corrected chi connectivity index (χ0v) is 9.60. The molecule has 4 heteroatoms. The fourth-order valence-electron chi connectivity index (χ4n) is 2.26. The molecule has 0 unspecified atom stereocenters. The predicted molar refractivity (Wildman–Crippen MR) is 66.7 cm³/mol. The molecule has 2 heterocycles. The Kier molecular flexibility index (Phi) is 2.65. The van der Waals surface area contributed by atoms with E-state index in [0.29, 0.717) is 11.7 Å². The van der Waals surface area contributed by atoms with Gasteiger partial charge in [-0.05, 0) is 25.0 Å². The van der Waals surface area contributed by atoms with E-state index in [4.69, 9.17) is 10.5 Å². The van der Waals surface area contributed by atoms with Gasteiger partial charge in [-0.25, -0.2) is 9.97 Å². The fourth-order valence-corrected chi connectivity index (χ4v) is 2.26. The van der Waals surface area contributed by atoms with Gasteiger partial charge in [0, 0.05) is 24.5 Å². The van der Waals surface area contributed by atoms with Crippen molar-refractivity contribution in [3.05, 3.63) is 30.1 Å². The first-order chi connectivity index (χ1) is 8.34. The Morgan fingerprint density at radius 2 is 1.88 bits per heavy atom. The normalized spacial score (nSPS) is 17.4. The molecule has 1 aliphatic rings. The number of nitrogens with zero attached hydrogens (tertiary/aromatic N) is 2. The van der Waals surface area contributed by atoms with E-state index in [1.165, 1.54) is 0 Å². The van der Waals surface area contributed by atoms with Gasteiger partial charge in [-0.2, -0.15) is 0 Å². The van der Waals surface area contributed by atoms with Crippen molar-refractivity contribution < 1.29 is 4.74 Å². The van der Waals surface area contributed by atoms with Crippen LogP contribution >= 0.6 is 0 Å². The van der Waals surface area contributed by atoms with Gasteiger partial charge in [0.25, 0.3) is 0 Å². The summed E-state index contributed by atoms with van der Waals surface area (Å²) < 4.78 is 5.35. The van der Waals surface area contributed by atoms with Crippen molar-refractivity contribution in [2.75, 3.05) is 18.9 Å². The maximum Gasteiger partial charge on any atom is 0.135 e. The number of benzene rings is 1. The SMILES string of the molecule is Nc1nc(C2CCOCC2)nc2ccccc12. The van der Waals surface area contributed by atoms with Crippen LogP contribution in [-0.4, -0.2) is 23.2 Å². The summed E-state index contributed by atoms with van der Waals surface area (Å²) in [4.78, 5) is 9.05. The van der Waals surface area contributed by atoms with Crippen LogP contribution in [0.1, 0.15) is 24.6 Å². The summed E-state index contributed by atoms with van der Waals surface area (Å²) in [7, 11) is 0. The molecule has 1 aromatic heterocycles. The smallest absolute Gasteiger partial charge is 0.135 e. The minimum Gasteiger partial charge on any atom is -0.383 e. The number of fused-ring (bicyclic) bond motifs is 1. The van der Waals surface area contributed by atoms with Crippen molar-refractivity contribution in [3.63, 3.8) is 0 Å². The summed E-state index contributed by atoms with van der Waals surface area (Å²) in [6, 6.07) is 7.87. The number of rotatable bonds is 1. The van der Waals surface area contributed by atoms with Crippen molar-refractivity contribution in [1.29, 1.82) is 0 Å². The Labute approximate surface area is 99.8 Å². The van der Waals surface area contributed by atoms with E-state index in [2.05, 4.69) is 9.97 Å². The Hall–Kier alpha value is -1.68. The Morgan fingerprint density at radius 1 is 1.12 bits per heavy atom. The second-order valence-corrected chi connectivity index (χ2v) is 4.37. The number of aromatic nitrogens is 2. The Bertz CT molecular complexity index is 535. The molecule has 1 aromatic carbocycles. The van der Waals surface area contributed by atoms with Gasteiger partial charge in [-0.1, -0.05) is 12.1 Å². The molecule has 0 saturated carbocycles. The van der Waals surface area contributed by atoms with Crippen LogP contribution in [0.15, 0.2) is 24.3 Å². The minimum absolute atomic E-state index is 0.385. The van der Waals surface area contributed by atoms with Crippen LogP contribution in [0.5, 0.6) is 0 Å². The summed E-state index contributed by atoms with van der Waals surface area (Å²) in [6.07, 6.45) is 1.97. The highest BCUT2D eigenvalue weighted by atomic mass is 16.5. The number of hydrogen-bond donors (Lipinski definition) is 1. The van der Waals surface area contributed by atoms with Crippen molar-refractivity contribution in [2.24, 2.45) is 0 Å². The van der Waals surface area contributed by atoms with Gasteiger partial charge in [0.15, 0.2) is 0 Å². The molecular weight excluding hydrogens is 214 g/mol. The molecular formula is C13H15N3O.